The number of amides is 1. The highest BCUT2D eigenvalue weighted by Gasteiger charge is 2.52. The van der Waals surface area contributed by atoms with E-state index in [1.165, 1.54) is 6.08 Å². The highest BCUT2D eigenvalue weighted by Crippen LogP contribution is 2.46. The van der Waals surface area contributed by atoms with Crippen molar-refractivity contribution in [2.45, 2.75) is 51.2 Å². The van der Waals surface area contributed by atoms with E-state index < -0.39 is 6.10 Å². The summed E-state index contributed by atoms with van der Waals surface area (Å²) in [6.45, 7) is 4.28. The summed E-state index contributed by atoms with van der Waals surface area (Å²) in [7, 11) is 0. The van der Waals surface area contributed by atoms with Crippen molar-refractivity contribution in [2.75, 3.05) is 26.2 Å². The molecule has 5 heterocycles. The molecule has 0 bridgehead atoms. The number of aromatic nitrogens is 4. The van der Waals surface area contributed by atoms with Crippen LogP contribution in [0.15, 0.2) is 30.0 Å². The molecule has 0 aliphatic carbocycles. The summed E-state index contributed by atoms with van der Waals surface area (Å²) in [5, 5.41) is 22.9. The van der Waals surface area contributed by atoms with Gasteiger partial charge < -0.3 is 19.6 Å². The topological polar surface area (TPSA) is 114 Å². The van der Waals surface area contributed by atoms with Crippen molar-refractivity contribution in [3.63, 3.8) is 0 Å². The lowest BCUT2D eigenvalue weighted by Gasteiger charge is -2.38. The van der Waals surface area contributed by atoms with Crippen molar-refractivity contribution < 1.29 is 19.4 Å². The van der Waals surface area contributed by atoms with Crippen LogP contribution in [0, 0.1) is 5.41 Å². The van der Waals surface area contributed by atoms with Crippen LogP contribution >= 0.6 is 0 Å². The molecule has 4 aliphatic rings. The fourth-order valence-electron chi connectivity index (χ4n) is 6.06. The summed E-state index contributed by atoms with van der Waals surface area (Å²) in [5.74, 6) is 0.600. The van der Waals surface area contributed by atoms with Gasteiger partial charge in [0.1, 0.15) is 6.61 Å². The van der Waals surface area contributed by atoms with Gasteiger partial charge in [0.15, 0.2) is 5.82 Å². The number of rotatable bonds is 4. The number of carbonyl (C=O) groups excluding carboxylic acids is 2. The molecule has 34 heavy (non-hydrogen) atoms. The average Bonchev–Trinajstić information content (AvgIpc) is 3.54. The van der Waals surface area contributed by atoms with Crippen LogP contribution in [0.1, 0.15) is 49.2 Å². The van der Waals surface area contributed by atoms with Gasteiger partial charge in [0.2, 0.25) is 5.91 Å². The Kier molecular flexibility index (Phi) is 5.03. The monoisotopic (exact) mass is 464 g/mol. The minimum absolute atomic E-state index is 0.0570. The molecule has 2 atom stereocenters. The molecule has 10 nitrogen and oxygen atoms in total. The Labute approximate surface area is 197 Å². The zero-order valence-electron chi connectivity index (χ0n) is 19.2. The predicted molar refractivity (Wildman–Crippen MR) is 120 cm³/mol. The molecular formula is C24H28N6O4. The Morgan fingerprint density at radius 3 is 2.82 bits per heavy atom. The van der Waals surface area contributed by atoms with Crippen LogP contribution in [0.5, 0.6) is 0 Å². The molecule has 178 valence electrons. The number of ether oxygens (including phenoxy) is 1. The molecule has 0 saturated carbocycles. The summed E-state index contributed by atoms with van der Waals surface area (Å²) >= 11 is 0. The van der Waals surface area contributed by atoms with E-state index in [9.17, 15) is 14.7 Å². The summed E-state index contributed by atoms with van der Waals surface area (Å²) in [4.78, 5) is 28.9. The number of cyclic esters (lactones) is 1. The lowest BCUT2D eigenvalue weighted by Crippen LogP contribution is -2.45. The highest BCUT2D eigenvalue weighted by atomic mass is 16.5. The van der Waals surface area contributed by atoms with Crippen LogP contribution in [-0.2, 0) is 27.2 Å². The van der Waals surface area contributed by atoms with Gasteiger partial charge in [-0.25, -0.2) is 4.79 Å². The van der Waals surface area contributed by atoms with Gasteiger partial charge in [-0.3, -0.25) is 4.79 Å². The normalized spacial score (nSPS) is 24.7. The molecule has 2 fully saturated rings. The maximum Gasteiger partial charge on any atom is 0.333 e. The van der Waals surface area contributed by atoms with E-state index in [1.54, 1.807) is 9.58 Å². The third kappa shape index (κ3) is 3.43. The molecule has 4 aliphatic heterocycles. The quantitative estimate of drug-likeness (QED) is 0.665. The van der Waals surface area contributed by atoms with Gasteiger partial charge >= 0.3 is 5.97 Å². The minimum atomic E-state index is -0.601. The Morgan fingerprint density at radius 2 is 2.06 bits per heavy atom. The molecule has 1 aromatic heterocycles. The van der Waals surface area contributed by atoms with E-state index >= 15 is 0 Å². The first-order chi connectivity index (χ1) is 16.4. The van der Waals surface area contributed by atoms with Crippen molar-refractivity contribution in [3.05, 3.63) is 46.9 Å². The number of benzene rings is 1. The van der Waals surface area contributed by atoms with E-state index in [4.69, 9.17) is 4.74 Å². The van der Waals surface area contributed by atoms with Crippen molar-refractivity contribution in [3.8, 4) is 5.69 Å². The smallest absolute Gasteiger partial charge is 0.333 e. The van der Waals surface area contributed by atoms with Gasteiger partial charge in [-0.1, -0.05) is 12.1 Å². The Bertz CT molecular complexity index is 1180. The molecule has 1 spiro atoms. The van der Waals surface area contributed by atoms with Crippen LogP contribution in [0.3, 0.4) is 0 Å². The predicted octanol–water partition coefficient (Wildman–Crippen LogP) is 0.938. The summed E-state index contributed by atoms with van der Waals surface area (Å²) < 4.78 is 6.80. The van der Waals surface area contributed by atoms with Gasteiger partial charge in [-0.05, 0) is 73.3 Å². The van der Waals surface area contributed by atoms with Crippen molar-refractivity contribution in [2.24, 2.45) is 5.41 Å². The molecule has 1 unspecified atom stereocenters. The van der Waals surface area contributed by atoms with Crippen LogP contribution in [0.4, 0.5) is 0 Å². The van der Waals surface area contributed by atoms with Crippen molar-refractivity contribution in [1.29, 1.82) is 0 Å². The number of aryl methyl sites for hydroxylation is 2. The fourth-order valence-corrected chi connectivity index (χ4v) is 6.06. The lowest BCUT2D eigenvalue weighted by molar-refractivity contribution is -0.139. The van der Waals surface area contributed by atoms with Crippen molar-refractivity contribution >= 4 is 11.9 Å². The second-order valence-corrected chi connectivity index (χ2v) is 9.96. The van der Waals surface area contributed by atoms with Gasteiger partial charge in [-0.15, -0.1) is 5.10 Å². The standard InChI is InChI=1S/C24H28N6O4/c1-15-12-24(23(33)29(15)18-11-22(32)34-14-18)6-8-28(9-7-24)13-20(31)17-2-4-19-16(10-17)3-5-21-25-26-27-30(19)21/h2,4,10-11,15,20,31H,3,5-9,12-14H2,1H3/t15-,20?/m1/s1. The number of esters is 1. The number of fused-ring (bicyclic) bond motifs is 3. The summed E-state index contributed by atoms with van der Waals surface area (Å²) in [5.41, 5.74) is 3.31. The number of carbonyl (C=O) groups is 2. The molecule has 10 heteroatoms. The minimum Gasteiger partial charge on any atom is -0.456 e. The number of likely N-dealkylation sites (tertiary alicyclic amines) is 2. The molecule has 0 radical (unpaired) electrons. The Morgan fingerprint density at radius 1 is 1.24 bits per heavy atom. The first-order valence-electron chi connectivity index (χ1n) is 12.0. The second kappa shape index (κ2) is 7.99. The first kappa shape index (κ1) is 21.4. The largest absolute Gasteiger partial charge is 0.456 e. The third-order valence-corrected chi connectivity index (χ3v) is 7.87. The molecule has 2 aromatic rings. The maximum atomic E-state index is 13.4. The van der Waals surface area contributed by atoms with Gasteiger partial charge in [0.05, 0.1) is 22.9 Å². The number of piperidine rings is 1. The van der Waals surface area contributed by atoms with E-state index in [0.29, 0.717) is 12.2 Å². The number of aliphatic hydroxyl groups excluding tert-OH is 1. The summed E-state index contributed by atoms with van der Waals surface area (Å²) in [6.07, 6.45) is 4.79. The van der Waals surface area contributed by atoms with Gasteiger partial charge in [0.25, 0.3) is 0 Å². The number of hydrogen-bond acceptors (Lipinski definition) is 8. The van der Waals surface area contributed by atoms with Gasteiger partial charge in [0, 0.05) is 25.1 Å². The number of hydrogen-bond donors (Lipinski definition) is 1. The van der Waals surface area contributed by atoms with Crippen LogP contribution < -0.4 is 0 Å². The molecule has 1 N–H and O–H groups in total. The molecular weight excluding hydrogens is 436 g/mol. The lowest BCUT2D eigenvalue weighted by atomic mass is 9.76. The molecule has 2 saturated heterocycles. The summed E-state index contributed by atoms with van der Waals surface area (Å²) in [6, 6.07) is 6.05. The number of aliphatic hydroxyl groups is 1. The average molecular weight is 465 g/mol. The zero-order valence-corrected chi connectivity index (χ0v) is 19.2. The van der Waals surface area contributed by atoms with Crippen molar-refractivity contribution in [1.82, 2.24) is 30.0 Å². The van der Waals surface area contributed by atoms with Crippen LogP contribution in [0.2, 0.25) is 0 Å². The Balaban J connectivity index is 1.10. The SMILES string of the molecule is C[C@@H]1CC2(CCN(CC(O)c3ccc4c(c3)CCc3nnnn3-4)CC2)C(=O)N1C1=CC(=O)OC1. The maximum absolute atomic E-state index is 13.4. The zero-order chi connectivity index (χ0) is 23.4. The molecule has 6 rings (SSSR count). The van der Waals surface area contributed by atoms with Crippen LogP contribution in [0.25, 0.3) is 5.69 Å². The van der Waals surface area contributed by atoms with E-state index in [0.717, 1.165) is 67.8 Å². The van der Waals surface area contributed by atoms with E-state index in [2.05, 4.69) is 26.5 Å². The Hall–Kier alpha value is -3.11. The fraction of sp³-hybridized carbons (Fsp3) is 0.542. The first-order valence-corrected chi connectivity index (χ1v) is 12.0. The number of β-amino-alcohol motifs (C(OH)–C–C–N with tert-alkyl or cyclic N) is 1. The van der Waals surface area contributed by atoms with E-state index in [-0.39, 0.29) is 29.9 Å². The second-order valence-electron chi connectivity index (χ2n) is 9.96. The number of tetrazole rings is 1. The van der Waals surface area contributed by atoms with E-state index in [1.807, 2.05) is 19.1 Å². The van der Waals surface area contributed by atoms with Gasteiger partial charge in [-0.2, -0.15) is 4.68 Å². The molecule has 1 amide bonds. The number of nitrogens with zero attached hydrogens (tertiary/aromatic N) is 6. The van der Waals surface area contributed by atoms with Crippen LogP contribution in [-0.4, -0.2) is 79.3 Å². The molecule has 1 aromatic carbocycles. The third-order valence-electron chi connectivity index (χ3n) is 7.87. The highest BCUT2D eigenvalue weighted by molar-refractivity contribution is 5.91.